The second-order valence-corrected chi connectivity index (χ2v) is 2.01. The maximum atomic E-state index is 10.6. The number of ketones is 1. The minimum Gasteiger partial charge on any atom is -0.359 e. The molecule has 0 heterocycles. The highest BCUT2D eigenvalue weighted by Gasteiger charge is 2.04. The van der Waals surface area contributed by atoms with Crippen LogP contribution in [0, 0.1) is 0 Å². The second kappa shape index (κ2) is 3.82. The van der Waals surface area contributed by atoms with Crippen molar-refractivity contribution < 1.29 is 9.59 Å². The van der Waals surface area contributed by atoms with Gasteiger partial charge in [0.05, 0.1) is 6.42 Å². The zero-order chi connectivity index (χ0) is 8.15. The maximum Gasteiger partial charge on any atom is 0.224 e. The van der Waals surface area contributed by atoms with Gasteiger partial charge in [-0.05, 0) is 12.5 Å². The fourth-order valence-electron chi connectivity index (χ4n) is 0.407. The van der Waals surface area contributed by atoms with Crippen LogP contribution in [0.25, 0.3) is 0 Å². The van der Waals surface area contributed by atoms with Gasteiger partial charge in [-0.3, -0.25) is 9.59 Å². The van der Waals surface area contributed by atoms with E-state index >= 15 is 0 Å². The van der Waals surface area contributed by atoms with Crippen molar-refractivity contribution in [2.45, 2.75) is 13.3 Å². The minimum atomic E-state index is -0.180. The fraction of sp³-hybridized carbons (Fsp3) is 0.429. The summed E-state index contributed by atoms with van der Waals surface area (Å²) in [5, 5.41) is 2.40. The van der Waals surface area contributed by atoms with Crippen molar-refractivity contribution in [1.82, 2.24) is 5.32 Å². The highest BCUT2D eigenvalue weighted by molar-refractivity contribution is 5.97. The van der Waals surface area contributed by atoms with Crippen LogP contribution in [0.15, 0.2) is 12.2 Å². The third-order valence-corrected chi connectivity index (χ3v) is 1.15. The summed E-state index contributed by atoms with van der Waals surface area (Å²) in [7, 11) is 1.52. The van der Waals surface area contributed by atoms with Gasteiger partial charge in [0, 0.05) is 7.05 Å². The molecule has 0 fully saturated rings. The molecule has 0 rings (SSSR count). The molecule has 0 bridgehead atoms. The van der Waals surface area contributed by atoms with E-state index in [9.17, 15) is 9.59 Å². The van der Waals surface area contributed by atoms with Crippen molar-refractivity contribution in [2.75, 3.05) is 7.05 Å². The van der Waals surface area contributed by atoms with E-state index in [1.807, 2.05) is 0 Å². The molecule has 0 aliphatic rings. The van der Waals surface area contributed by atoms with E-state index < -0.39 is 0 Å². The number of carbonyl (C=O) groups is 2. The Bertz CT molecular complexity index is 172. The van der Waals surface area contributed by atoms with Crippen LogP contribution in [0.1, 0.15) is 13.3 Å². The zero-order valence-corrected chi connectivity index (χ0v) is 6.23. The van der Waals surface area contributed by atoms with Crippen LogP contribution in [0.5, 0.6) is 0 Å². The van der Waals surface area contributed by atoms with Crippen molar-refractivity contribution in [3.05, 3.63) is 12.2 Å². The molecule has 0 saturated carbocycles. The first kappa shape index (κ1) is 8.88. The first-order valence-corrected chi connectivity index (χ1v) is 2.97. The van der Waals surface area contributed by atoms with Gasteiger partial charge in [-0.2, -0.15) is 0 Å². The van der Waals surface area contributed by atoms with E-state index in [0.717, 1.165) is 0 Å². The molecule has 0 aromatic heterocycles. The molecule has 0 saturated heterocycles. The van der Waals surface area contributed by atoms with E-state index in [2.05, 4.69) is 11.9 Å². The van der Waals surface area contributed by atoms with Crippen LogP contribution >= 0.6 is 0 Å². The SMILES string of the molecule is C=C(CC(=O)NC)C(C)=O. The highest BCUT2D eigenvalue weighted by atomic mass is 16.2. The number of nitrogens with one attached hydrogen (secondary N) is 1. The average Bonchev–Trinajstić information content (AvgIpc) is 1.87. The third-order valence-electron chi connectivity index (χ3n) is 1.15. The molecule has 1 N–H and O–H groups in total. The van der Waals surface area contributed by atoms with E-state index in [-0.39, 0.29) is 18.1 Å². The van der Waals surface area contributed by atoms with Gasteiger partial charge in [0.1, 0.15) is 0 Å². The number of rotatable bonds is 3. The first-order valence-electron chi connectivity index (χ1n) is 2.97. The first-order chi connectivity index (χ1) is 4.57. The highest BCUT2D eigenvalue weighted by Crippen LogP contribution is 1.97. The van der Waals surface area contributed by atoms with Crippen molar-refractivity contribution in [3.8, 4) is 0 Å². The Balaban J connectivity index is 3.80. The molecule has 0 aromatic rings. The number of hydrogen-bond acceptors (Lipinski definition) is 2. The van der Waals surface area contributed by atoms with Crippen molar-refractivity contribution >= 4 is 11.7 Å². The Hall–Kier alpha value is -1.12. The van der Waals surface area contributed by atoms with E-state index in [1.165, 1.54) is 14.0 Å². The molecule has 10 heavy (non-hydrogen) atoms. The van der Waals surface area contributed by atoms with Crippen LogP contribution in [0.2, 0.25) is 0 Å². The number of hydrogen-bond donors (Lipinski definition) is 1. The summed E-state index contributed by atoms with van der Waals surface area (Å²) in [6.07, 6.45) is 0.103. The van der Waals surface area contributed by atoms with E-state index in [1.54, 1.807) is 0 Å². The Morgan fingerprint density at radius 1 is 1.50 bits per heavy atom. The van der Waals surface area contributed by atoms with Crippen LogP contribution < -0.4 is 5.32 Å². The lowest BCUT2D eigenvalue weighted by Gasteiger charge is -1.98. The summed E-state index contributed by atoms with van der Waals surface area (Å²) in [4.78, 5) is 21.1. The Morgan fingerprint density at radius 2 is 2.00 bits per heavy atom. The molecule has 0 radical (unpaired) electrons. The molecule has 0 aliphatic heterocycles. The molecule has 1 amide bonds. The molecule has 56 valence electrons. The Kier molecular flexibility index (Phi) is 3.39. The second-order valence-electron chi connectivity index (χ2n) is 2.01. The predicted octanol–water partition coefficient (Wildman–Crippen LogP) is 0.268. The minimum absolute atomic E-state index is 0.103. The van der Waals surface area contributed by atoms with Gasteiger partial charge in [0.25, 0.3) is 0 Å². The standard InChI is InChI=1S/C7H11NO2/c1-5(6(2)9)4-7(10)8-3/h1,4H2,2-3H3,(H,8,10). The van der Waals surface area contributed by atoms with Gasteiger partial charge in [-0.1, -0.05) is 6.58 Å². The summed E-state index contributed by atoms with van der Waals surface area (Å²) < 4.78 is 0. The van der Waals surface area contributed by atoms with Gasteiger partial charge >= 0.3 is 0 Å². The molecular formula is C7H11NO2. The lowest BCUT2D eigenvalue weighted by molar-refractivity contribution is -0.121. The molecular weight excluding hydrogens is 130 g/mol. The van der Waals surface area contributed by atoms with Crippen molar-refractivity contribution in [2.24, 2.45) is 0 Å². The average molecular weight is 141 g/mol. The van der Waals surface area contributed by atoms with Crippen molar-refractivity contribution in [3.63, 3.8) is 0 Å². The molecule has 3 heteroatoms. The van der Waals surface area contributed by atoms with Gasteiger partial charge in [0.15, 0.2) is 5.78 Å². The third kappa shape index (κ3) is 3.02. The molecule has 0 aromatic carbocycles. The van der Waals surface area contributed by atoms with E-state index in [0.29, 0.717) is 5.57 Å². The summed E-state index contributed by atoms with van der Waals surface area (Å²) in [5.74, 6) is -0.316. The van der Waals surface area contributed by atoms with Gasteiger partial charge in [-0.25, -0.2) is 0 Å². The summed E-state index contributed by atoms with van der Waals surface area (Å²) in [5.41, 5.74) is 0.347. The number of carbonyl (C=O) groups excluding carboxylic acids is 2. The lowest BCUT2D eigenvalue weighted by Crippen LogP contribution is -2.19. The van der Waals surface area contributed by atoms with Crippen LogP contribution in [-0.2, 0) is 9.59 Å². The molecule has 3 nitrogen and oxygen atoms in total. The lowest BCUT2D eigenvalue weighted by atomic mass is 10.1. The monoisotopic (exact) mass is 141 g/mol. The van der Waals surface area contributed by atoms with Crippen LogP contribution in [0.3, 0.4) is 0 Å². The van der Waals surface area contributed by atoms with Gasteiger partial charge in [0.2, 0.25) is 5.91 Å². The molecule has 0 atom stereocenters. The normalized spacial score (nSPS) is 8.60. The van der Waals surface area contributed by atoms with Crippen LogP contribution in [0.4, 0.5) is 0 Å². The van der Waals surface area contributed by atoms with Gasteiger partial charge in [-0.15, -0.1) is 0 Å². The summed E-state index contributed by atoms with van der Waals surface area (Å²) in [6.45, 7) is 4.83. The predicted molar refractivity (Wildman–Crippen MR) is 38.5 cm³/mol. The topological polar surface area (TPSA) is 46.2 Å². The van der Waals surface area contributed by atoms with Gasteiger partial charge < -0.3 is 5.32 Å². The smallest absolute Gasteiger partial charge is 0.224 e. The largest absolute Gasteiger partial charge is 0.359 e. The Labute approximate surface area is 60.1 Å². The van der Waals surface area contributed by atoms with Crippen LogP contribution in [-0.4, -0.2) is 18.7 Å². The zero-order valence-electron chi connectivity index (χ0n) is 6.23. The Morgan fingerprint density at radius 3 is 2.30 bits per heavy atom. The maximum absolute atomic E-state index is 10.6. The molecule has 0 spiro atoms. The molecule has 0 aliphatic carbocycles. The quantitative estimate of drug-likeness (QED) is 0.573. The summed E-state index contributed by atoms with van der Waals surface area (Å²) >= 11 is 0. The number of amides is 1. The van der Waals surface area contributed by atoms with Crippen molar-refractivity contribution in [1.29, 1.82) is 0 Å². The fourth-order valence-corrected chi connectivity index (χ4v) is 0.407. The summed E-state index contributed by atoms with van der Waals surface area (Å²) in [6, 6.07) is 0. The van der Waals surface area contributed by atoms with E-state index in [4.69, 9.17) is 0 Å². The molecule has 0 unspecified atom stereocenters. The number of Topliss-reactive ketones (excluding diaryl/α,β-unsaturated/α-hetero) is 1.